The van der Waals surface area contributed by atoms with Crippen LogP contribution in [0.15, 0.2) is 18.2 Å². The molecule has 0 saturated carbocycles. The van der Waals surface area contributed by atoms with Crippen molar-refractivity contribution in [3.05, 3.63) is 35.4 Å². The summed E-state index contributed by atoms with van der Waals surface area (Å²) in [5.74, 6) is -1.85. The van der Waals surface area contributed by atoms with E-state index in [0.29, 0.717) is 0 Å². The summed E-state index contributed by atoms with van der Waals surface area (Å²) < 4.78 is 26.2. The third-order valence-electron chi connectivity index (χ3n) is 3.25. The second kappa shape index (κ2) is 5.66. The van der Waals surface area contributed by atoms with Crippen molar-refractivity contribution in [1.29, 1.82) is 0 Å². The van der Waals surface area contributed by atoms with Crippen molar-refractivity contribution in [2.24, 2.45) is 0 Å². The Kier molecular flexibility index (Phi) is 4.13. The molecular weight excluding hydrogens is 266 g/mol. The molecule has 1 fully saturated rings. The summed E-state index contributed by atoms with van der Waals surface area (Å²) in [6, 6.07) is 2.43. The lowest BCUT2D eigenvalue weighted by Crippen LogP contribution is -2.41. The van der Waals surface area contributed by atoms with E-state index < -0.39 is 17.7 Å². The molecule has 108 valence electrons. The van der Waals surface area contributed by atoms with Crippen molar-refractivity contribution in [3.63, 3.8) is 0 Å². The lowest BCUT2D eigenvalue weighted by molar-refractivity contribution is -0.140. The molecule has 1 aliphatic rings. The molecule has 0 bridgehead atoms. The Morgan fingerprint density at radius 3 is 2.60 bits per heavy atom. The molecule has 1 unspecified atom stereocenters. The minimum Gasteiger partial charge on any atom is -0.301 e. The average molecular weight is 282 g/mol. The predicted molar refractivity (Wildman–Crippen MR) is 68.6 cm³/mol. The predicted octanol–water partition coefficient (Wildman–Crippen LogP) is 1.59. The Morgan fingerprint density at radius 2 is 2.05 bits per heavy atom. The molecule has 0 radical (unpaired) electrons. The zero-order valence-electron chi connectivity index (χ0n) is 11.3. The van der Waals surface area contributed by atoms with Crippen molar-refractivity contribution in [1.82, 2.24) is 10.2 Å². The summed E-state index contributed by atoms with van der Waals surface area (Å²) >= 11 is 0. The topological polar surface area (TPSA) is 49.4 Å². The van der Waals surface area contributed by atoms with Crippen molar-refractivity contribution < 1.29 is 18.4 Å². The molecule has 1 aliphatic heterocycles. The summed E-state index contributed by atoms with van der Waals surface area (Å²) in [6.45, 7) is 3.59. The number of nitrogens with zero attached hydrogens (tertiary/aromatic N) is 1. The van der Waals surface area contributed by atoms with Gasteiger partial charge in [-0.05, 0) is 19.9 Å². The molecule has 1 atom stereocenters. The summed E-state index contributed by atoms with van der Waals surface area (Å²) in [6.07, 6.45) is 0.0693. The van der Waals surface area contributed by atoms with Crippen LogP contribution in [-0.2, 0) is 16.1 Å². The maximum atomic E-state index is 13.5. The van der Waals surface area contributed by atoms with Gasteiger partial charge in [0, 0.05) is 24.2 Å². The number of rotatable bonds is 4. The van der Waals surface area contributed by atoms with Gasteiger partial charge in [-0.2, -0.15) is 0 Å². The number of imide groups is 1. The number of benzene rings is 1. The first-order chi connectivity index (χ1) is 9.40. The molecule has 0 aromatic heterocycles. The SMILES string of the molecule is CC(C)N1C(=O)CC(NCc2ccc(F)cc2F)C1=O. The molecule has 4 nitrogen and oxygen atoms in total. The highest BCUT2D eigenvalue weighted by Crippen LogP contribution is 2.17. The maximum absolute atomic E-state index is 13.5. The smallest absolute Gasteiger partial charge is 0.247 e. The molecule has 0 spiro atoms. The number of likely N-dealkylation sites (tertiary alicyclic amines) is 1. The molecule has 1 N–H and O–H groups in total. The fourth-order valence-corrected chi connectivity index (χ4v) is 2.25. The second-order valence-corrected chi connectivity index (χ2v) is 5.07. The standard InChI is InChI=1S/C14H16F2N2O2/c1-8(2)18-13(19)6-12(14(18)20)17-7-9-3-4-10(15)5-11(9)16/h3-5,8,12,17H,6-7H2,1-2H3. The quantitative estimate of drug-likeness (QED) is 0.853. The molecule has 6 heteroatoms. The van der Waals surface area contributed by atoms with E-state index >= 15 is 0 Å². The van der Waals surface area contributed by atoms with E-state index in [1.807, 2.05) is 0 Å². The van der Waals surface area contributed by atoms with Crippen LogP contribution in [0.3, 0.4) is 0 Å². The third-order valence-corrected chi connectivity index (χ3v) is 3.25. The lowest BCUT2D eigenvalue weighted by Gasteiger charge is -2.19. The summed E-state index contributed by atoms with van der Waals surface area (Å²) in [5, 5.41) is 2.85. The molecule has 20 heavy (non-hydrogen) atoms. The highest BCUT2D eigenvalue weighted by Gasteiger charge is 2.39. The van der Waals surface area contributed by atoms with Crippen LogP contribution in [0.25, 0.3) is 0 Å². The fourth-order valence-electron chi connectivity index (χ4n) is 2.25. The van der Waals surface area contributed by atoms with Gasteiger partial charge < -0.3 is 5.32 Å². The van der Waals surface area contributed by atoms with Gasteiger partial charge in [0.1, 0.15) is 11.6 Å². The second-order valence-electron chi connectivity index (χ2n) is 5.07. The molecule has 1 saturated heterocycles. The van der Waals surface area contributed by atoms with Gasteiger partial charge in [-0.25, -0.2) is 8.78 Å². The van der Waals surface area contributed by atoms with Crippen LogP contribution < -0.4 is 5.32 Å². The van der Waals surface area contributed by atoms with Crippen molar-refractivity contribution in [2.75, 3.05) is 0 Å². The van der Waals surface area contributed by atoms with E-state index in [4.69, 9.17) is 0 Å². The number of hydrogen-bond acceptors (Lipinski definition) is 3. The zero-order chi connectivity index (χ0) is 14.9. The normalized spacial score (nSPS) is 19.2. The van der Waals surface area contributed by atoms with Gasteiger partial charge in [0.05, 0.1) is 12.5 Å². The van der Waals surface area contributed by atoms with Gasteiger partial charge in [0.25, 0.3) is 0 Å². The van der Waals surface area contributed by atoms with Crippen molar-refractivity contribution >= 4 is 11.8 Å². The number of carbonyl (C=O) groups excluding carboxylic acids is 2. The van der Waals surface area contributed by atoms with Crippen LogP contribution in [-0.4, -0.2) is 28.8 Å². The van der Waals surface area contributed by atoms with Gasteiger partial charge in [0.15, 0.2) is 0 Å². The van der Waals surface area contributed by atoms with Crippen molar-refractivity contribution in [3.8, 4) is 0 Å². The van der Waals surface area contributed by atoms with Gasteiger partial charge in [-0.3, -0.25) is 14.5 Å². The average Bonchev–Trinajstić information content (AvgIpc) is 2.63. The lowest BCUT2D eigenvalue weighted by atomic mass is 10.2. The molecule has 2 amide bonds. The van der Waals surface area contributed by atoms with Crippen LogP contribution in [0.5, 0.6) is 0 Å². The minimum atomic E-state index is -0.671. The zero-order valence-corrected chi connectivity index (χ0v) is 11.3. The highest BCUT2D eigenvalue weighted by molar-refractivity contribution is 6.05. The largest absolute Gasteiger partial charge is 0.301 e. The van der Waals surface area contributed by atoms with Gasteiger partial charge in [-0.15, -0.1) is 0 Å². The number of hydrogen-bond donors (Lipinski definition) is 1. The van der Waals surface area contributed by atoms with Gasteiger partial charge >= 0.3 is 0 Å². The summed E-state index contributed by atoms with van der Waals surface area (Å²) in [7, 11) is 0. The van der Waals surface area contributed by atoms with Crippen LogP contribution in [0.4, 0.5) is 8.78 Å². The first-order valence-corrected chi connectivity index (χ1v) is 6.43. The number of halogens is 2. The van der Waals surface area contributed by atoms with Crippen LogP contribution in [0, 0.1) is 11.6 Å². The Labute approximate surface area is 115 Å². The molecule has 1 aromatic rings. The van der Waals surface area contributed by atoms with Gasteiger partial charge in [-0.1, -0.05) is 6.07 Å². The minimum absolute atomic E-state index is 0.0693. The highest BCUT2D eigenvalue weighted by atomic mass is 19.1. The molecular formula is C14H16F2N2O2. The number of amides is 2. The first-order valence-electron chi connectivity index (χ1n) is 6.43. The number of nitrogens with one attached hydrogen (secondary N) is 1. The summed E-state index contributed by atoms with van der Waals surface area (Å²) in [5.41, 5.74) is 0.259. The third kappa shape index (κ3) is 2.85. The molecule has 1 heterocycles. The van der Waals surface area contributed by atoms with E-state index in [1.54, 1.807) is 13.8 Å². The Bertz CT molecular complexity index is 546. The van der Waals surface area contributed by atoms with Crippen LogP contribution in [0.2, 0.25) is 0 Å². The van der Waals surface area contributed by atoms with E-state index in [-0.39, 0.29) is 36.4 Å². The van der Waals surface area contributed by atoms with Crippen LogP contribution in [0.1, 0.15) is 25.8 Å². The van der Waals surface area contributed by atoms with Crippen LogP contribution >= 0.6 is 0 Å². The fraction of sp³-hybridized carbons (Fsp3) is 0.429. The van der Waals surface area contributed by atoms with E-state index in [1.165, 1.54) is 11.0 Å². The van der Waals surface area contributed by atoms with Crippen molar-refractivity contribution in [2.45, 2.75) is 38.9 Å². The molecule has 2 rings (SSSR count). The molecule has 1 aromatic carbocycles. The van der Waals surface area contributed by atoms with Gasteiger partial charge in [0.2, 0.25) is 11.8 Å². The van der Waals surface area contributed by atoms with E-state index in [2.05, 4.69) is 5.32 Å². The summed E-state index contributed by atoms with van der Waals surface area (Å²) in [4.78, 5) is 24.9. The Hall–Kier alpha value is -1.82. The number of carbonyl (C=O) groups is 2. The first kappa shape index (κ1) is 14.6. The molecule has 0 aliphatic carbocycles. The Morgan fingerprint density at radius 1 is 1.35 bits per heavy atom. The monoisotopic (exact) mass is 282 g/mol. The van der Waals surface area contributed by atoms with E-state index in [9.17, 15) is 18.4 Å². The maximum Gasteiger partial charge on any atom is 0.247 e. The van der Waals surface area contributed by atoms with E-state index in [0.717, 1.165) is 12.1 Å². The Balaban J connectivity index is 2.01.